The first-order valence-corrected chi connectivity index (χ1v) is 7.45. The second-order valence-corrected chi connectivity index (χ2v) is 5.69. The summed E-state index contributed by atoms with van der Waals surface area (Å²) in [5.74, 6) is 0.867. The topological polar surface area (TPSA) is 17.8 Å². The van der Waals surface area contributed by atoms with Gasteiger partial charge in [-0.05, 0) is 35.9 Å². The number of aromatic nitrogens is 2. The summed E-state index contributed by atoms with van der Waals surface area (Å²) in [6.07, 6.45) is 0. The van der Waals surface area contributed by atoms with Gasteiger partial charge in [-0.25, -0.2) is 9.37 Å². The van der Waals surface area contributed by atoms with Crippen LogP contribution in [0.15, 0.2) is 46.9 Å². The molecular formula is C15H11BrClFN2. The van der Waals surface area contributed by atoms with E-state index in [1.54, 1.807) is 6.07 Å². The lowest BCUT2D eigenvalue weighted by Crippen LogP contribution is -2.04. The third kappa shape index (κ3) is 2.58. The van der Waals surface area contributed by atoms with Gasteiger partial charge in [0.2, 0.25) is 0 Å². The molecule has 0 saturated carbocycles. The Morgan fingerprint density at radius 3 is 2.80 bits per heavy atom. The van der Waals surface area contributed by atoms with Gasteiger partial charge in [0.25, 0.3) is 0 Å². The van der Waals surface area contributed by atoms with Gasteiger partial charge in [0.05, 0.1) is 16.9 Å². The average Bonchev–Trinajstić information content (AvgIpc) is 2.76. The molecule has 102 valence electrons. The zero-order valence-corrected chi connectivity index (χ0v) is 12.8. The second kappa shape index (κ2) is 5.54. The van der Waals surface area contributed by atoms with Gasteiger partial charge >= 0.3 is 0 Å². The lowest BCUT2D eigenvalue weighted by atomic mass is 10.2. The number of alkyl halides is 1. The van der Waals surface area contributed by atoms with Crippen LogP contribution in [0.4, 0.5) is 4.39 Å². The first-order valence-electron chi connectivity index (χ1n) is 6.12. The summed E-state index contributed by atoms with van der Waals surface area (Å²) < 4.78 is 16.3. The molecule has 3 aromatic rings. The molecule has 1 heterocycles. The highest BCUT2D eigenvalue weighted by molar-refractivity contribution is 9.10. The maximum absolute atomic E-state index is 13.3. The number of rotatable bonds is 3. The fraction of sp³-hybridized carbons (Fsp3) is 0.133. The van der Waals surface area contributed by atoms with Gasteiger partial charge in [-0.3, -0.25) is 0 Å². The van der Waals surface area contributed by atoms with Gasteiger partial charge in [0.1, 0.15) is 11.6 Å². The molecule has 0 radical (unpaired) electrons. The highest BCUT2D eigenvalue weighted by Gasteiger charge is 2.11. The summed E-state index contributed by atoms with van der Waals surface area (Å²) in [6, 6.07) is 12.5. The van der Waals surface area contributed by atoms with Crippen LogP contribution < -0.4 is 0 Å². The fourth-order valence-corrected chi connectivity index (χ4v) is 2.80. The van der Waals surface area contributed by atoms with E-state index in [2.05, 4.69) is 20.9 Å². The number of benzene rings is 2. The molecular weight excluding hydrogens is 343 g/mol. The average molecular weight is 354 g/mol. The molecule has 0 fully saturated rings. The molecule has 0 saturated heterocycles. The number of fused-ring (bicyclic) bond motifs is 1. The molecule has 2 aromatic carbocycles. The van der Waals surface area contributed by atoms with E-state index in [0.29, 0.717) is 12.4 Å². The third-order valence-corrected chi connectivity index (χ3v) is 3.87. The largest absolute Gasteiger partial charge is 0.322 e. The Labute approximate surface area is 129 Å². The van der Waals surface area contributed by atoms with Crippen molar-refractivity contribution in [3.63, 3.8) is 0 Å². The Kier molecular flexibility index (Phi) is 3.76. The summed E-state index contributed by atoms with van der Waals surface area (Å²) in [6.45, 7) is 0.548. The minimum atomic E-state index is -0.236. The Balaban J connectivity index is 2.11. The van der Waals surface area contributed by atoms with Crippen LogP contribution in [0.1, 0.15) is 11.4 Å². The molecule has 0 amide bonds. The third-order valence-electron chi connectivity index (χ3n) is 3.14. The van der Waals surface area contributed by atoms with Gasteiger partial charge < -0.3 is 4.57 Å². The zero-order chi connectivity index (χ0) is 14.1. The first-order chi connectivity index (χ1) is 9.67. The summed E-state index contributed by atoms with van der Waals surface area (Å²) in [5, 5.41) is 0. The molecule has 0 bridgehead atoms. The minimum Gasteiger partial charge on any atom is -0.322 e. The van der Waals surface area contributed by atoms with Gasteiger partial charge in [0.15, 0.2) is 0 Å². The van der Waals surface area contributed by atoms with Gasteiger partial charge in [-0.15, -0.1) is 11.6 Å². The summed E-state index contributed by atoms with van der Waals surface area (Å²) in [4.78, 5) is 4.51. The van der Waals surface area contributed by atoms with Crippen LogP contribution in [0.5, 0.6) is 0 Å². The maximum atomic E-state index is 13.3. The lowest BCUT2D eigenvalue weighted by Gasteiger charge is -2.08. The van der Waals surface area contributed by atoms with E-state index in [9.17, 15) is 4.39 Å². The Morgan fingerprint density at radius 2 is 2.05 bits per heavy atom. The van der Waals surface area contributed by atoms with E-state index in [-0.39, 0.29) is 5.82 Å². The molecule has 2 nitrogen and oxygen atoms in total. The molecule has 0 aliphatic carbocycles. The van der Waals surface area contributed by atoms with Crippen molar-refractivity contribution in [1.29, 1.82) is 0 Å². The smallest absolute Gasteiger partial charge is 0.125 e. The molecule has 3 rings (SSSR count). The zero-order valence-electron chi connectivity index (χ0n) is 10.5. The second-order valence-electron chi connectivity index (χ2n) is 4.51. The maximum Gasteiger partial charge on any atom is 0.125 e. The highest BCUT2D eigenvalue weighted by Crippen LogP contribution is 2.23. The highest BCUT2D eigenvalue weighted by atomic mass is 79.9. The van der Waals surface area contributed by atoms with Crippen LogP contribution in [-0.4, -0.2) is 9.55 Å². The van der Waals surface area contributed by atoms with E-state index >= 15 is 0 Å². The van der Waals surface area contributed by atoms with E-state index in [1.165, 1.54) is 12.1 Å². The van der Waals surface area contributed by atoms with Crippen molar-refractivity contribution in [2.75, 3.05) is 0 Å². The van der Waals surface area contributed by atoms with Gasteiger partial charge in [-0.2, -0.15) is 0 Å². The van der Waals surface area contributed by atoms with Crippen molar-refractivity contribution in [3.05, 3.63) is 64.1 Å². The van der Waals surface area contributed by atoms with E-state index in [4.69, 9.17) is 11.6 Å². The molecule has 0 aliphatic rings. The summed E-state index contributed by atoms with van der Waals surface area (Å²) in [5.41, 5.74) is 2.76. The van der Waals surface area contributed by atoms with E-state index < -0.39 is 0 Å². The van der Waals surface area contributed by atoms with E-state index in [0.717, 1.165) is 26.9 Å². The molecule has 0 atom stereocenters. The number of hydrogen-bond acceptors (Lipinski definition) is 1. The van der Waals surface area contributed by atoms with Crippen molar-refractivity contribution in [3.8, 4) is 0 Å². The standard InChI is InChI=1S/C15H11BrClFN2/c16-11-4-5-13-14(7-11)20(15(8-17)19-13)9-10-2-1-3-12(18)6-10/h1-7H,8-9H2. The van der Waals surface area contributed by atoms with Crippen LogP contribution in [0, 0.1) is 5.82 Å². The molecule has 0 unspecified atom stereocenters. The molecule has 1 aromatic heterocycles. The number of halogens is 3. The minimum absolute atomic E-state index is 0.236. The van der Waals surface area contributed by atoms with Crippen LogP contribution in [0.2, 0.25) is 0 Å². The quantitative estimate of drug-likeness (QED) is 0.623. The molecule has 5 heteroatoms. The van der Waals surface area contributed by atoms with Crippen LogP contribution in [0.3, 0.4) is 0 Å². The van der Waals surface area contributed by atoms with Crippen molar-refractivity contribution in [1.82, 2.24) is 9.55 Å². The lowest BCUT2D eigenvalue weighted by molar-refractivity contribution is 0.623. The molecule has 0 spiro atoms. The van der Waals surface area contributed by atoms with Gasteiger partial charge in [-0.1, -0.05) is 28.1 Å². The van der Waals surface area contributed by atoms with Crippen molar-refractivity contribution < 1.29 is 4.39 Å². The number of nitrogens with zero attached hydrogens (tertiary/aromatic N) is 2. The SMILES string of the molecule is Fc1cccc(Cn2c(CCl)nc3ccc(Br)cc32)c1. The van der Waals surface area contributed by atoms with Crippen molar-refractivity contribution >= 4 is 38.6 Å². The monoisotopic (exact) mass is 352 g/mol. The van der Waals surface area contributed by atoms with Crippen LogP contribution in [0.25, 0.3) is 11.0 Å². The molecule has 20 heavy (non-hydrogen) atoms. The Hall–Kier alpha value is -1.39. The fourth-order valence-electron chi connectivity index (χ4n) is 2.24. The Bertz CT molecular complexity index is 770. The van der Waals surface area contributed by atoms with E-state index in [1.807, 2.05) is 28.8 Å². The summed E-state index contributed by atoms with van der Waals surface area (Å²) in [7, 11) is 0. The predicted molar refractivity (Wildman–Crippen MR) is 82.5 cm³/mol. The van der Waals surface area contributed by atoms with Crippen LogP contribution in [-0.2, 0) is 12.4 Å². The number of hydrogen-bond donors (Lipinski definition) is 0. The summed E-state index contributed by atoms with van der Waals surface area (Å²) >= 11 is 9.43. The van der Waals surface area contributed by atoms with Crippen molar-refractivity contribution in [2.45, 2.75) is 12.4 Å². The van der Waals surface area contributed by atoms with Crippen molar-refractivity contribution in [2.24, 2.45) is 0 Å². The number of imidazole rings is 1. The first kappa shape index (κ1) is 13.6. The predicted octanol–water partition coefficient (Wildman–Crippen LogP) is 4.73. The normalized spacial score (nSPS) is 11.2. The Morgan fingerprint density at radius 1 is 1.20 bits per heavy atom. The van der Waals surface area contributed by atoms with Gasteiger partial charge in [0, 0.05) is 11.0 Å². The molecule has 0 aliphatic heterocycles. The molecule has 0 N–H and O–H groups in total. The van der Waals surface area contributed by atoms with Crippen LogP contribution >= 0.6 is 27.5 Å².